The summed E-state index contributed by atoms with van der Waals surface area (Å²) in [5.41, 5.74) is 6.86. The van der Waals surface area contributed by atoms with Gasteiger partial charge in [0.15, 0.2) is 0 Å². The summed E-state index contributed by atoms with van der Waals surface area (Å²) in [4.78, 5) is 6.68. The number of hydrogen-bond acceptors (Lipinski definition) is 3. The minimum absolute atomic E-state index is 0.788. The fraction of sp³-hybridized carbons (Fsp3) is 0.583. The van der Waals surface area contributed by atoms with Crippen molar-refractivity contribution in [3.63, 3.8) is 0 Å². The molecule has 0 spiro atoms. The van der Waals surface area contributed by atoms with Gasteiger partial charge in [0.25, 0.3) is 0 Å². The van der Waals surface area contributed by atoms with E-state index in [2.05, 4.69) is 16.0 Å². The second-order valence-electron chi connectivity index (χ2n) is 4.21. The highest BCUT2D eigenvalue weighted by Gasteiger charge is 2.28. The first-order valence-electron chi connectivity index (χ1n) is 5.73. The van der Waals surface area contributed by atoms with Crippen molar-refractivity contribution in [2.75, 3.05) is 13.1 Å². The Morgan fingerprint density at radius 2 is 2.33 bits per heavy atom. The first kappa shape index (κ1) is 10.6. The molecule has 15 heavy (non-hydrogen) atoms. The van der Waals surface area contributed by atoms with E-state index < -0.39 is 0 Å². The van der Waals surface area contributed by atoms with Gasteiger partial charge in [0.05, 0.1) is 0 Å². The van der Waals surface area contributed by atoms with Gasteiger partial charge in [0.2, 0.25) is 0 Å². The summed E-state index contributed by atoms with van der Waals surface area (Å²) in [6.45, 7) is 2.94. The molecule has 1 saturated carbocycles. The molecule has 2 rings (SSSR count). The van der Waals surface area contributed by atoms with Crippen LogP contribution < -0.4 is 5.73 Å². The molecule has 0 unspecified atom stereocenters. The van der Waals surface area contributed by atoms with Crippen molar-refractivity contribution in [1.29, 1.82) is 0 Å². The lowest BCUT2D eigenvalue weighted by Crippen LogP contribution is -2.28. The predicted molar refractivity (Wildman–Crippen MR) is 61.3 cm³/mol. The minimum Gasteiger partial charge on any atom is -0.330 e. The number of pyridine rings is 1. The maximum absolute atomic E-state index is 5.55. The molecule has 0 bridgehead atoms. The summed E-state index contributed by atoms with van der Waals surface area (Å²) in [5, 5.41) is 0. The molecule has 3 heteroatoms. The molecule has 1 aromatic heterocycles. The van der Waals surface area contributed by atoms with Crippen LogP contribution in [0.15, 0.2) is 24.5 Å². The molecular formula is C12H19N3. The van der Waals surface area contributed by atoms with Crippen LogP contribution in [0.3, 0.4) is 0 Å². The van der Waals surface area contributed by atoms with Crippen LogP contribution in [0.1, 0.15) is 24.8 Å². The van der Waals surface area contributed by atoms with Gasteiger partial charge in [-0.25, -0.2) is 0 Å². The molecule has 1 aliphatic carbocycles. The third-order valence-corrected chi connectivity index (χ3v) is 2.82. The van der Waals surface area contributed by atoms with Crippen LogP contribution in [0.4, 0.5) is 0 Å². The summed E-state index contributed by atoms with van der Waals surface area (Å²) in [6, 6.07) is 4.95. The summed E-state index contributed by atoms with van der Waals surface area (Å²) in [7, 11) is 0. The van der Waals surface area contributed by atoms with Gasteiger partial charge < -0.3 is 5.73 Å². The first-order chi connectivity index (χ1) is 7.40. The quantitative estimate of drug-likeness (QED) is 0.763. The van der Waals surface area contributed by atoms with E-state index in [0.29, 0.717) is 0 Å². The average molecular weight is 205 g/mol. The van der Waals surface area contributed by atoms with E-state index in [0.717, 1.165) is 32.1 Å². The molecule has 82 valence electrons. The van der Waals surface area contributed by atoms with Crippen LogP contribution in [0.25, 0.3) is 0 Å². The van der Waals surface area contributed by atoms with Crippen molar-refractivity contribution in [2.45, 2.75) is 31.8 Å². The van der Waals surface area contributed by atoms with Crippen LogP contribution in [0.2, 0.25) is 0 Å². The zero-order chi connectivity index (χ0) is 10.5. The van der Waals surface area contributed by atoms with E-state index in [4.69, 9.17) is 5.73 Å². The SMILES string of the molecule is NCCCN(Cc1cccnc1)C1CC1. The van der Waals surface area contributed by atoms with Crippen molar-refractivity contribution in [1.82, 2.24) is 9.88 Å². The van der Waals surface area contributed by atoms with Crippen molar-refractivity contribution in [3.8, 4) is 0 Å². The predicted octanol–water partition coefficient (Wildman–Crippen LogP) is 1.39. The first-order valence-corrected chi connectivity index (χ1v) is 5.73. The largest absolute Gasteiger partial charge is 0.330 e. The number of rotatable bonds is 6. The van der Waals surface area contributed by atoms with Crippen molar-refractivity contribution in [2.24, 2.45) is 5.73 Å². The van der Waals surface area contributed by atoms with Crippen molar-refractivity contribution < 1.29 is 0 Å². The lowest BCUT2D eigenvalue weighted by atomic mass is 10.2. The second-order valence-corrected chi connectivity index (χ2v) is 4.21. The minimum atomic E-state index is 0.788. The zero-order valence-corrected chi connectivity index (χ0v) is 9.10. The van der Waals surface area contributed by atoms with Crippen LogP contribution >= 0.6 is 0 Å². The molecule has 1 aliphatic rings. The Morgan fingerprint density at radius 1 is 1.47 bits per heavy atom. The molecule has 0 aromatic carbocycles. The molecule has 3 nitrogen and oxygen atoms in total. The number of nitrogens with two attached hydrogens (primary N) is 1. The van der Waals surface area contributed by atoms with Gasteiger partial charge in [-0.1, -0.05) is 6.07 Å². The van der Waals surface area contributed by atoms with Gasteiger partial charge in [-0.2, -0.15) is 0 Å². The highest BCUT2D eigenvalue weighted by atomic mass is 15.2. The number of aromatic nitrogens is 1. The van der Waals surface area contributed by atoms with Gasteiger partial charge in [-0.05, 0) is 44.0 Å². The van der Waals surface area contributed by atoms with Crippen molar-refractivity contribution in [3.05, 3.63) is 30.1 Å². The Balaban J connectivity index is 1.88. The number of nitrogens with zero attached hydrogens (tertiary/aromatic N) is 2. The zero-order valence-electron chi connectivity index (χ0n) is 9.10. The maximum atomic E-state index is 5.55. The lowest BCUT2D eigenvalue weighted by Gasteiger charge is -2.21. The topological polar surface area (TPSA) is 42.1 Å². The molecule has 0 atom stereocenters. The van der Waals surface area contributed by atoms with Crippen LogP contribution in [-0.2, 0) is 6.54 Å². The highest BCUT2D eigenvalue weighted by Crippen LogP contribution is 2.28. The lowest BCUT2D eigenvalue weighted by molar-refractivity contribution is 0.253. The second kappa shape index (κ2) is 5.24. The molecular weight excluding hydrogens is 186 g/mol. The third kappa shape index (κ3) is 3.29. The highest BCUT2D eigenvalue weighted by molar-refractivity contribution is 5.09. The fourth-order valence-corrected chi connectivity index (χ4v) is 1.85. The summed E-state index contributed by atoms with van der Waals surface area (Å²) in [6.07, 6.45) is 7.58. The van der Waals surface area contributed by atoms with Gasteiger partial charge >= 0.3 is 0 Å². The fourth-order valence-electron chi connectivity index (χ4n) is 1.85. The molecule has 1 fully saturated rings. The van der Waals surface area contributed by atoms with Crippen LogP contribution in [-0.4, -0.2) is 29.0 Å². The number of hydrogen-bond donors (Lipinski definition) is 1. The van der Waals surface area contributed by atoms with E-state index in [-0.39, 0.29) is 0 Å². The van der Waals surface area contributed by atoms with E-state index in [1.807, 2.05) is 18.5 Å². The smallest absolute Gasteiger partial charge is 0.0312 e. The van der Waals surface area contributed by atoms with E-state index in [1.165, 1.54) is 18.4 Å². The summed E-state index contributed by atoms with van der Waals surface area (Å²) in [5.74, 6) is 0. The Bertz CT molecular complexity index is 282. The van der Waals surface area contributed by atoms with Gasteiger partial charge in [0.1, 0.15) is 0 Å². The van der Waals surface area contributed by atoms with Gasteiger partial charge in [-0.3, -0.25) is 9.88 Å². The molecule has 0 saturated heterocycles. The van der Waals surface area contributed by atoms with E-state index in [9.17, 15) is 0 Å². The Kier molecular flexibility index (Phi) is 3.69. The standard InChI is InChI=1S/C12H19N3/c13-6-2-8-15(12-4-5-12)10-11-3-1-7-14-9-11/h1,3,7,9,12H,2,4-6,8,10,13H2. The van der Waals surface area contributed by atoms with Gasteiger partial charge in [0, 0.05) is 25.0 Å². The monoisotopic (exact) mass is 205 g/mol. The molecule has 0 aliphatic heterocycles. The molecule has 2 N–H and O–H groups in total. The van der Waals surface area contributed by atoms with E-state index in [1.54, 1.807) is 0 Å². The Hall–Kier alpha value is -0.930. The average Bonchev–Trinajstić information content (AvgIpc) is 3.09. The molecule has 1 aromatic rings. The van der Waals surface area contributed by atoms with Gasteiger partial charge in [-0.15, -0.1) is 0 Å². The van der Waals surface area contributed by atoms with Crippen molar-refractivity contribution >= 4 is 0 Å². The summed E-state index contributed by atoms with van der Waals surface area (Å²) < 4.78 is 0. The van der Waals surface area contributed by atoms with Crippen LogP contribution in [0.5, 0.6) is 0 Å². The Morgan fingerprint density at radius 3 is 2.93 bits per heavy atom. The normalized spacial score (nSPS) is 15.9. The van der Waals surface area contributed by atoms with Crippen LogP contribution in [0, 0.1) is 0 Å². The third-order valence-electron chi connectivity index (χ3n) is 2.82. The Labute approximate surface area is 91.3 Å². The summed E-state index contributed by atoms with van der Waals surface area (Å²) >= 11 is 0. The molecule has 0 radical (unpaired) electrons. The molecule has 1 heterocycles. The molecule has 0 amide bonds. The van der Waals surface area contributed by atoms with E-state index >= 15 is 0 Å². The maximum Gasteiger partial charge on any atom is 0.0312 e.